The number of amides is 1. The van der Waals surface area contributed by atoms with Gasteiger partial charge in [0, 0.05) is 20.5 Å². The Labute approximate surface area is 193 Å². The molecule has 1 aliphatic heterocycles. The molecule has 4 rings (SSSR count). The fourth-order valence-electron chi connectivity index (χ4n) is 2.98. The topological polar surface area (TPSA) is 63.2 Å². The lowest BCUT2D eigenvalue weighted by Gasteiger charge is -2.19. The van der Waals surface area contributed by atoms with Gasteiger partial charge in [0.05, 0.1) is 21.2 Å². The zero-order chi connectivity index (χ0) is 22.2. The second kappa shape index (κ2) is 8.67. The van der Waals surface area contributed by atoms with Crippen molar-refractivity contribution in [3.05, 3.63) is 92.6 Å². The van der Waals surface area contributed by atoms with Crippen LogP contribution in [0.15, 0.2) is 75.4 Å². The van der Waals surface area contributed by atoms with E-state index in [9.17, 15) is 17.6 Å². The summed E-state index contributed by atoms with van der Waals surface area (Å²) in [5, 5.41) is 3.30. The summed E-state index contributed by atoms with van der Waals surface area (Å²) in [7, 11) is -3.74. The highest BCUT2D eigenvalue weighted by molar-refractivity contribution is 8.04. The summed E-state index contributed by atoms with van der Waals surface area (Å²) in [6, 6.07) is 15.0. The van der Waals surface area contributed by atoms with Gasteiger partial charge in [0.15, 0.2) is 9.84 Å². The molecule has 1 amide bonds. The molecule has 0 fully saturated rings. The van der Waals surface area contributed by atoms with Crippen LogP contribution in [0.4, 0.5) is 10.1 Å². The van der Waals surface area contributed by atoms with Crippen LogP contribution in [0.25, 0.3) is 6.08 Å². The standard InChI is InChI=1S/C22H14Cl2FNO3S2/c23-17-2-1-3-18(24)16(17)12-31(28,29)15-8-9-19-20(11-15)30-21(22(27)26-19)10-13-4-6-14(25)7-5-13/h1-11H,12H2,(H,26,27)/b21-10-. The quantitative estimate of drug-likeness (QED) is 0.440. The lowest BCUT2D eigenvalue weighted by molar-refractivity contribution is -0.112. The van der Waals surface area contributed by atoms with E-state index in [1.807, 2.05) is 0 Å². The number of rotatable bonds is 4. The minimum atomic E-state index is -3.74. The number of anilines is 1. The number of carbonyl (C=O) groups is 1. The fourth-order valence-corrected chi connectivity index (χ4v) is 6.17. The van der Waals surface area contributed by atoms with Gasteiger partial charge in [0.2, 0.25) is 0 Å². The molecule has 0 aromatic heterocycles. The van der Waals surface area contributed by atoms with E-state index in [0.717, 1.165) is 11.8 Å². The van der Waals surface area contributed by atoms with Gasteiger partial charge in [-0.05, 0) is 54.1 Å². The van der Waals surface area contributed by atoms with E-state index in [1.54, 1.807) is 42.5 Å². The normalized spacial score (nSPS) is 14.9. The molecule has 1 aliphatic rings. The molecule has 3 aromatic carbocycles. The summed E-state index contributed by atoms with van der Waals surface area (Å²) in [4.78, 5) is 13.4. The monoisotopic (exact) mass is 493 g/mol. The van der Waals surface area contributed by atoms with Crippen LogP contribution in [0.5, 0.6) is 0 Å². The SMILES string of the molecule is O=C1Nc2ccc(S(=O)(=O)Cc3c(Cl)cccc3Cl)cc2S/C1=C\c1ccc(F)cc1. The number of sulfone groups is 1. The Hall–Kier alpha value is -2.32. The maximum absolute atomic E-state index is 13.1. The zero-order valence-electron chi connectivity index (χ0n) is 15.7. The van der Waals surface area contributed by atoms with Crippen LogP contribution in [0, 0.1) is 5.82 Å². The van der Waals surface area contributed by atoms with Crippen molar-refractivity contribution >= 4 is 62.5 Å². The molecule has 0 atom stereocenters. The van der Waals surface area contributed by atoms with E-state index in [1.165, 1.54) is 24.3 Å². The van der Waals surface area contributed by atoms with Gasteiger partial charge in [-0.15, -0.1) is 0 Å². The highest BCUT2D eigenvalue weighted by atomic mass is 35.5. The molecule has 0 bridgehead atoms. The molecule has 1 heterocycles. The van der Waals surface area contributed by atoms with Gasteiger partial charge in [-0.25, -0.2) is 12.8 Å². The fraction of sp³-hybridized carbons (Fsp3) is 0.0455. The van der Waals surface area contributed by atoms with E-state index in [0.29, 0.717) is 26.6 Å². The number of fused-ring (bicyclic) bond motifs is 1. The predicted molar refractivity (Wildman–Crippen MR) is 123 cm³/mol. The Morgan fingerprint density at radius 1 is 1.00 bits per heavy atom. The first-order valence-electron chi connectivity index (χ1n) is 8.99. The van der Waals surface area contributed by atoms with Gasteiger partial charge in [-0.3, -0.25) is 4.79 Å². The van der Waals surface area contributed by atoms with E-state index in [-0.39, 0.29) is 32.4 Å². The second-order valence-electron chi connectivity index (χ2n) is 6.73. The van der Waals surface area contributed by atoms with Crippen molar-refractivity contribution in [2.24, 2.45) is 0 Å². The number of hydrogen-bond donors (Lipinski definition) is 1. The number of hydrogen-bond acceptors (Lipinski definition) is 4. The second-order valence-corrected chi connectivity index (χ2v) is 10.6. The number of carbonyl (C=O) groups excluding carboxylic acids is 1. The van der Waals surface area contributed by atoms with Gasteiger partial charge in [-0.2, -0.15) is 0 Å². The molecule has 1 N–H and O–H groups in total. The minimum Gasteiger partial charge on any atom is -0.320 e. The lowest BCUT2D eigenvalue weighted by Crippen LogP contribution is -2.17. The highest BCUT2D eigenvalue weighted by Crippen LogP contribution is 2.40. The first-order chi connectivity index (χ1) is 14.7. The summed E-state index contributed by atoms with van der Waals surface area (Å²) >= 11 is 13.4. The van der Waals surface area contributed by atoms with Crippen LogP contribution >= 0.6 is 35.0 Å². The third-order valence-electron chi connectivity index (χ3n) is 4.57. The summed E-state index contributed by atoms with van der Waals surface area (Å²) in [6.07, 6.45) is 1.62. The molecule has 0 unspecified atom stereocenters. The third-order valence-corrected chi connectivity index (χ3v) is 8.00. The largest absolute Gasteiger partial charge is 0.320 e. The van der Waals surface area contributed by atoms with Crippen LogP contribution in [0.1, 0.15) is 11.1 Å². The molecule has 0 saturated carbocycles. The first kappa shape index (κ1) is 21.9. The summed E-state index contributed by atoms with van der Waals surface area (Å²) < 4.78 is 39.1. The number of halogens is 3. The molecule has 0 radical (unpaired) electrons. The van der Waals surface area contributed by atoms with Crippen LogP contribution in [0.3, 0.4) is 0 Å². The summed E-state index contributed by atoms with van der Waals surface area (Å²) in [5.74, 6) is -1.04. The molecule has 4 nitrogen and oxygen atoms in total. The zero-order valence-corrected chi connectivity index (χ0v) is 18.9. The summed E-state index contributed by atoms with van der Waals surface area (Å²) in [6.45, 7) is 0. The molecule has 0 saturated heterocycles. The van der Waals surface area contributed by atoms with Crippen molar-refractivity contribution in [3.8, 4) is 0 Å². The van der Waals surface area contributed by atoms with Crippen LogP contribution in [0.2, 0.25) is 10.0 Å². The smallest absolute Gasteiger partial charge is 0.262 e. The highest BCUT2D eigenvalue weighted by Gasteiger charge is 2.25. The third kappa shape index (κ3) is 4.80. The summed E-state index contributed by atoms with van der Waals surface area (Å²) in [5.41, 5.74) is 1.50. The van der Waals surface area contributed by atoms with E-state index >= 15 is 0 Å². The van der Waals surface area contributed by atoms with Crippen molar-refractivity contribution in [2.75, 3.05) is 5.32 Å². The molecular weight excluding hydrogens is 480 g/mol. The molecule has 3 aromatic rings. The van der Waals surface area contributed by atoms with Crippen molar-refractivity contribution in [1.29, 1.82) is 0 Å². The Morgan fingerprint density at radius 3 is 2.35 bits per heavy atom. The van der Waals surface area contributed by atoms with Crippen LogP contribution in [-0.2, 0) is 20.4 Å². The van der Waals surface area contributed by atoms with Gasteiger partial charge in [-0.1, -0.05) is 53.2 Å². The van der Waals surface area contributed by atoms with Crippen LogP contribution in [-0.4, -0.2) is 14.3 Å². The molecular formula is C22H14Cl2FNO3S2. The minimum absolute atomic E-state index is 0.0898. The van der Waals surface area contributed by atoms with Crippen LogP contribution < -0.4 is 5.32 Å². The predicted octanol–water partition coefficient (Wildman–Crippen LogP) is 6.19. The van der Waals surface area contributed by atoms with Crippen molar-refractivity contribution in [1.82, 2.24) is 0 Å². The Bertz CT molecular complexity index is 1300. The van der Waals surface area contributed by atoms with Crippen molar-refractivity contribution in [3.63, 3.8) is 0 Å². The Kier molecular flexibility index (Phi) is 6.12. The molecule has 0 spiro atoms. The van der Waals surface area contributed by atoms with E-state index in [2.05, 4.69) is 5.32 Å². The molecule has 9 heteroatoms. The average molecular weight is 494 g/mol. The van der Waals surface area contributed by atoms with Gasteiger partial charge < -0.3 is 5.32 Å². The lowest BCUT2D eigenvalue weighted by atomic mass is 10.2. The Morgan fingerprint density at radius 2 is 1.68 bits per heavy atom. The number of benzene rings is 3. The molecule has 31 heavy (non-hydrogen) atoms. The van der Waals surface area contributed by atoms with Gasteiger partial charge in [0.25, 0.3) is 5.91 Å². The van der Waals surface area contributed by atoms with Gasteiger partial charge in [0.1, 0.15) is 5.82 Å². The maximum Gasteiger partial charge on any atom is 0.262 e. The van der Waals surface area contributed by atoms with Gasteiger partial charge >= 0.3 is 0 Å². The molecule has 0 aliphatic carbocycles. The van der Waals surface area contributed by atoms with Crippen molar-refractivity contribution in [2.45, 2.75) is 15.5 Å². The van der Waals surface area contributed by atoms with E-state index < -0.39 is 9.84 Å². The van der Waals surface area contributed by atoms with E-state index in [4.69, 9.17) is 23.2 Å². The Balaban J connectivity index is 1.65. The first-order valence-corrected chi connectivity index (χ1v) is 12.2. The van der Waals surface area contributed by atoms with Crippen molar-refractivity contribution < 1.29 is 17.6 Å². The average Bonchev–Trinajstić information content (AvgIpc) is 2.73. The molecule has 158 valence electrons. The number of thioether (sulfide) groups is 1. The maximum atomic E-state index is 13.1. The number of nitrogens with one attached hydrogen (secondary N) is 1.